The normalized spacial score (nSPS) is 18.9. The second kappa shape index (κ2) is 7.96. The summed E-state index contributed by atoms with van der Waals surface area (Å²) in [5, 5.41) is 11.9. The highest BCUT2D eigenvalue weighted by Gasteiger charge is 2.31. The summed E-state index contributed by atoms with van der Waals surface area (Å²) in [6, 6.07) is 4.66. The van der Waals surface area contributed by atoms with Crippen molar-refractivity contribution in [2.24, 2.45) is 0 Å². The molecule has 0 aromatic heterocycles. The molecule has 2 N–H and O–H groups in total. The van der Waals surface area contributed by atoms with Gasteiger partial charge in [0.05, 0.1) is 24.8 Å². The Balaban J connectivity index is 2.16. The minimum absolute atomic E-state index is 0.203. The zero-order valence-electron chi connectivity index (χ0n) is 13.3. The standard InChI is InChI=1S/C16H21F3N2O3/c1-11(22)15(23)20-10-14(21-6-8-24-9-7-21)12-2-4-13(5-3-12)16(17,18)19/h2-5,11,14,22H,6-10H2,1H3,(H,20,23). The first-order chi connectivity index (χ1) is 11.3. The third-order valence-electron chi connectivity index (χ3n) is 3.96. The molecule has 8 heteroatoms. The Morgan fingerprint density at radius 1 is 1.29 bits per heavy atom. The van der Waals surface area contributed by atoms with Gasteiger partial charge in [0.15, 0.2) is 0 Å². The molecule has 0 spiro atoms. The number of rotatable bonds is 5. The van der Waals surface area contributed by atoms with E-state index < -0.39 is 23.8 Å². The predicted molar refractivity (Wildman–Crippen MR) is 81.3 cm³/mol. The topological polar surface area (TPSA) is 61.8 Å². The zero-order chi connectivity index (χ0) is 17.7. The molecule has 1 heterocycles. The van der Waals surface area contributed by atoms with Crippen molar-refractivity contribution in [2.75, 3.05) is 32.8 Å². The summed E-state index contributed by atoms with van der Waals surface area (Å²) in [6.45, 7) is 3.86. The summed E-state index contributed by atoms with van der Waals surface area (Å²) in [5.41, 5.74) is -0.0317. The van der Waals surface area contributed by atoms with Crippen molar-refractivity contribution in [3.63, 3.8) is 0 Å². The molecule has 2 atom stereocenters. The van der Waals surface area contributed by atoms with Crippen molar-refractivity contribution >= 4 is 5.91 Å². The zero-order valence-corrected chi connectivity index (χ0v) is 13.3. The quantitative estimate of drug-likeness (QED) is 0.850. The van der Waals surface area contributed by atoms with E-state index in [1.54, 1.807) is 0 Å². The number of carbonyl (C=O) groups is 1. The summed E-state index contributed by atoms with van der Waals surface area (Å²) in [6.07, 6.45) is -5.52. The predicted octanol–water partition coefficient (Wildman–Crippen LogP) is 1.58. The van der Waals surface area contributed by atoms with Crippen molar-refractivity contribution in [1.82, 2.24) is 10.2 Å². The minimum Gasteiger partial charge on any atom is -0.384 e. The maximum atomic E-state index is 12.7. The molecule has 1 aliphatic heterocycles. The summed E-state index contributed by atoms with van der Waals surface area (Å²) < 4.78 is 43.4. The molecule has 0 bridgehead atoms. The van der Waals surface area contributed by atoms with E-state index in [-0.39, 0.29) is 12.6 Å². The van der Waals surface area contributed by atoms with Crippen molar-refractivity contribution in [3.8, 4) is 0 Å². The molecule has 5 nitrogen and oxygen atoms in total. The van der Waals surface area contributed by atoms with Crippen LogP contribution in [-0.2, 0) is 15.7 Å². The molecule has 0 aliphatic carbocycles. The number of carbonyl (C=O) groups excluding carboxylic acids is 1. The summed E-state index contributed by atoms with van der Waals surface area (Å²) >= 11 is 0. The van der Waals surface area contributed by atoms with Gasteiger partial charge in [-0.3, -0.25) is 9.69 Å². The molecule has 1 saturated heterocycles. The second-order valence-electron chi connectivity index (χ2n) is 5.71. The number of nitrogens with zero attached hydrogens (tertiary/aromatic N) is 1. The SMILES string of the molecule is CC(O)C(=O)NCC(c1ccc(C(F)(F)F)cc1)N1CCOCC1. The molecule has 134 valence electrons. The summed E-state index contributed by atoms with van der Waals surface area (Å²) in [4.78, 5) is 13.6. The molecular weight excluding hydrogens is 325 g/mol. The average molecular weight is 346 g/mol. The van der Waals surface area contributed by atoms with Crippen LogP contribution in [0.2, 0.25) is 0 Å². The lowest BCUT2D eigenvalue weighted by Crippen LogP contribution is -2.45. The Labute approximate surface area is 138 Å². The first-order valence-electron chi connectivity index (χ1n) is 7.74. The van der Waals surface area contributed by atoms with Gasteiger partial charge >= 0.3 is 6.18 Å². The highest BCUT2D eigenvalue weighted by molar-refractivity contribution is 5.80. The van der Waals surface area contributed by atoms with Gasteiger partial charge in [0.25, 0.3) is 0 Å². The second-order valence-corrected chi connectivity index (χ2v) is 5.71. The van der Waals surface area contributed by atoms with Gasteiger partial charge in [-0.15, -0.1) is 0 Å². The van der Waals surface area contributed by atoms with E-state index in [0.29, 0.717) is 31.9 Å². The van der Waals surface area contributed by atoms with Gasteiger partial charge in [-0.1, -0.05) is 12.1 Å². The lowest BCUT2D eigenvalue weighted by atomic mass is 10.0. The van der Waals surface area contributed by atoms with Gasteiger partial charge in [0, 0.05) is 19.6 Å². The van der Waals surface area contributed by atoms with Crippen LogP contribution in [0.5, 0.6) is 0 Å². The van der Waals surface area contributed by atoms with Crippen LogP contribution in [0.4, 0.5) is 13.2 Å². The Bertz CT molecular complexity index is 540. The van der Waals surface area contributed by atoms with E-state index in [0.717, 1.165) is 12.1 Å². The van der Waals surface area contributed by atoms with Gasteiger partial charge in [0.1, 0.15) is 6.10 Å². The number of benzene rings is 1. The molecule has 2 unspecified atom stereocenters. The largest absolute Gasteiger partial charge is 0.416 e. The van der Waals surface area contributed by atoms with Crippen molar-refractivity contribution in [1.29, 1.82) is 0 Å². The number of hydrogen-bond acceptors (Lipinski definition) is 4. The first-order valence-corrected chi connectivity index (χ1v) is 7.74. The molecule has 0 saturated carbocycles. The van der Waals surface area contributed by atoms with Crippen molar-refractivity contribution in [3.05, 3.63) is 35.4 Å². The average Bonchev–Trinajstić information content (AvgIpc) is 2.55. The fourth-order valence-corrected chi connectivity index (χ4v) is 2.59. The number of halogens is 3. The Hall–Kier alpha value is -1.64. The summed E-state index contributed by atoms with van der Waals surface area (Å²) in [7, 11) is 0. The monoisotopic (exact) mass is 346 g/mol. The van der Waals surface area contributed by atoms with Gasteiger partial charge in [-0.25, -0.2) is 0 Å². The van der Waals surface area contributed by atoms with E-state index in [2.05, 4.69) is 10.2 Å². The van der Waals surface area contributed by atoms with E-state index in [1.807, 2.05) is 0 Å². The number of ether oxygens (including phenoxy) is 1. The smallest absolute Gasteiger partial charge is 0.384 e. The van der Waals surface area contributed by atoms with Crippen LogP contribution < -0.4 is 5.32 Å². The van der Waals surface area contributed by atoms with Crippen LogP contribution in [0.25, 0.3) is 0 Å². The first kappa shape index (κ1) is 18.7. The van der Waals surface area contributed by atoms with Crippen molar-refractivity contribution in [2.45, 2.75) is 25.2 Å². The fourth-order valence-electron chi connectivity index (χ4n) is 2.59. The molecule has 1 aromatic carbocycles. The number of hydrogen-bond donors (Lipinski definition) is 2. The number of aliphatic hydroxyl groups is 1. The van der Waals surface area contributed by atoms with Crippen LogP contribution in [0.3, 0.4) is 0 Å². The minimum atomic E-state index is -4.38. The number of amides is 1. The van der Waals surface area contributed by atoms with E-state index in [1.165, 1.54) is 19.1 Å². The highest BCUT2D eigenvalue weighted by atomic mass is 19.4. The maximum absolute atomic E-state index is 12.7. The molecule has 1 aromatic rings. The number of nitrogens with one attached hydrogen (secondary N) is 1. The fraction of sp³-hybridized carbons (Fsp3) is 0.562. The van der Waals surface area contributed by atoms with Crippen LogP contribution in [0.1, 0.15) is 24.1 Å². The van der Waals surface area contributed by atoms with Gasteiger partial charge in [-0.2, -0.15) is 13.2 Å². The van der Waals surface area contributed by atoms with Crippen LogP contribution in [0.15, 0.2) is 24.3 Å². The van der Waals surface area contributed by atoms with Crippen LogP contribution in [-0.4, -0.2) is 54.9 Å². The van der Waals surface area contributed by atoms with Gasteiger partial charge in [-0.05, 0) is 24.6 Å². The lowest BCUT2D eigenvalue weighted by molar-refractivity contribution is -0.137. The number of aliphatic hydroxyl groups excluding tert-OH is 1. The summed E-state index contributed by atoms with van der Waals surface area (Å²) in [5.74, 6) is -0.514. The molecule has 1 aliphatic rings. The van der Waals surface area contributed by atoms with Gasteiger partial charge < -0.3 is 15.2 Å². The third kappa shape index (κ3) is 4.93. The Kier molecular flexibility index (Phi) is 6.20. The molecule has 2 rings (SSSR count). The molecule has 24 heavy (non-hydrogen) atoms. The molecule has 1 fully saturated rings. The number of morpholine rings is 1. The van der Waals surface area contributed by atoms with Crippen molar-refractivity contribution < 1.29 is 27.8 Å². The van der Waals surface area contributed by atoms with E-state index in [4.69, 9.17) is 4.74 Å². The van der Waals surface area contributed by atoms with E-state index >= 15 is 0 Å². The molecule has 1 amide bonds. The third-order valence-corrected chi connectivity index (χ3v) is 3.96. The van der Waals surface area contributed by atoms with Crippen LogP contribution in [0, 0.1) is 0 Å². The maximum Gasteiger partial charge on any atom is 0.416 e. The Morgan fingerprint density at radius 2 is 1.88 bits per heavy atom. The molecular formula is C16H21F3N2O3. The van der Waals surface area contributed by atoms with Gasteiger partial charge in [0.2, 0.25) is 5.91 Å². The lowest BCUT2D eigenvalue weighted by Gasteiger charge is -2.35. The van der Waals surface area contributed by atoms with E-state index in [9.17, 15) is 23.1 Å². The Morgan fingerprint density at radius 3 is 2.38 bits per heavy atom. The van der Waals surface area contributed by atoms with Crippen LogP contribution >= 0.6 is 0 Å². The number of alkyl halides is 3. The molecule has 0 radical (unpaired) electrons. The highest BCUT2D eigenvalue weighted by Crippen LogP contribution is 2.31.